The molecule has 0 radical (unpaired) electrons. The molecule has 28 heavy (non-hydrogen) atoms. The molecule has 0 saturated carbocycles. The number of aryl methyl sites for hydroxylation is 1. The Morgan fingerprint density at radius 2 is 1.57 bits per heavy atom. The molecular weight excluding hydrogens is 354 g/mol. The van der Waals surface area contributed by atoms with Crippen LogP contribution < -0.4 is 0 Å². The van der Waals surface area contributed by atoms with Crippen LogP contribution in [-0.4, -0.2) is 43.8 Å². The molecule has 0 aliphatic rings. The average Bonchev–Trinajstić information content (AvgIpc) is 2.65. The van der Waals surface area contributed by atoms with Crippen molar-refractivity contribution in [1.29, 1.82) is 0 Å². The van der Waals surface area contributed by atoms with Crippen LogP contribution in [0.1, 0.15) is 63.9 Å². The van der Waals surface area contributed by atoms with Crippen molar-refractivity contribution >= 4 is 12.1 Å². The van der Waals surface area contributed by atoms with Gasteiger partial charge in [0.2, 0.25) is 0 Å². The summed E-state index contributed by atoms with van der Waals surface area (Å²) >= 11 is 0. The molecule has 1 rings (SSSR count). The average molecular weight is 392 g/mol. The number of hydrogen-bond acceptors (Lipinski definition) is 4. The number of carbonyl (C=O) groups is 2. The highest BCUT2D eigenvalue weighted by atomic mass is 16.6. The van der Waals surface area contributed by atoms with Gasteiger partial charge in [0.1, 0.15) is 0 Å². The zero-order chi connectivity index (χ0) is 21.3. The van der Waals surface area contributed by atoms with E-state index in [4.69, 9.17) is 9.47 Å². The lowest BCUT2D eigenvalue weighted by Gasteiger charge is -2.43. The molecular formula is C23H37NO4. The maximum atomic E-state index is 12.6. The molecule has 1 amide bonds. The van der Waals surface area contributed by atoms with Crippen molar-refractivity contribution in [3.63, 3.8) is 0 Å². The molecule has 1 aromatic carbocycles. The zero-order valence-corrected chi connectivity index (χ0v) is 18.6. The Bertz CT molecular complexity index is 614. The maximum absolute atomic E-state index is 12.6. The summed E-state index contributed by atoms with van der Waals surface area (Å²) in [5.74, 6) is 0.0979. The third-order valence-corrected chi connectivity index (χ3v) is 5.61. The summed E-state index contributed by atoms with van der Waals surface area (Å²) in [7, 11) is 1.73. The number of nitrogens with zero attached hydrogens (tertiary/aromatic N) is 1. The molecule has 0 spiro atoms. The van der Waals surface area contributed by atoms with E-state index in [9.17, 15) is 9.59 Å². The van der Waals surface area contributed by atoms with Gasteiger partial charge in [0.15, 0.2) is 0 Å². The Balaban J connectivity index is 2.91. The molecule has 0 atom stereocenters. The molecule has 0 saturated heterocycles. The Hall–Kier alpha value is -2.04. The van der Waals surface area contributed by atoms with E-state index in [1.54, 1.807) is 18.9 Å². The predicted octanol–water partition coefficient (Wildman–Crippen LogP) is 5.18. The first kappa shape index (κ1) is 24.0. The fourth-order valence-electron chi connectivity index (χ4n) is 3.53. The molecule has 158 valence electrons. The van der Waals surface area contributed by atoms with Gasteiger partial charge in [-0.2, -0.15) is 0 Å². The topological polar surface area (TPSA) is 55.8 Å². The summed E-state index contributed by atoms with van der Waals surface area (Å²) in [5, 5.41) is 0. The van der Waals surface area contributed by atoms with E-state index in [0.717, 1.165) is 12.8 Å². The van der Waals surface area contributed by atoms with Gasteiger partial charge in [-0.25, -0.2) is 9.59 Å². The summed E-state index contributed by atoms with van der Waals surface area (Å²) in [6.07, 6.45) is 1.72. The number of esters is 1. The van der Waals surface area contributed by atoms with Crippen molar-refractivity contribution in [3.8, 4) is 0 Å². The molecule has 0 unspecified atom stereocenters. The van der Waals surface area contributed by atoms with Gasteiger partial charge in [-0.05, 0) is 42.9 Å². The number of benzene rings is 1. The Morgan fingerprint density at radius 3 is 2.04 bits per heavy atom. The lowest BCUT2D eigenvalue weighted by Crippen LogP contribution is -2.48. The van der Waals surface area contributed by atoms with Crippen LogP contribution in [0, 0.1) is 17.3 Å². The highest BCUT2D eigenvalue weighted by Gasteiger charge is 2.41. The fraction of sp³-hybridized carbons (Fsp3) is 0.652. The summed E-state index contributed by atoms with van der Waals surface area (Å²) in [6.45, 7) is 13.4. The van der Waals surface area contributed by atoms with E-state index in [0.29, 0.717) is 18.7 Å². The largest absolute Gasteiger partial charge is 0.461 e. The van der Waals surface area contributed by atoms with E-state index < -0.39 is 0 Å². The molecule has 0 aliphatic carbocycles. The van der Waals surface area contributed by atoms with E-state index in [1.807, 2.05) is 24.3 Å². The van der Waals surface area contributed by atoms with Crippen molar-refractivity contribution in [2.24, 2.45) is 17.3 Å². The Kier molecular flexibility index (Phi) is 9.50. The van der Waals surface area contributed by atoms with Crippen LogP contribution in [0.25, 0.3) is 0 Å². The second-order valence-electron chi connectivity index (χ2n) is 8.12. The molecule has 0 bridgehead atoms. The second-order valence-corrected chi connectivity index (χ2v) is 8.12. The summed E-state index contributed by atoms with van der Waals surface area (Å²) in [4.78, 5) is 26.3. The van der Waals surface area contributed by atoms with Gasteiger partial charge in [-0.3, -0.25) is 0 Å². The minimum absolute atomic E-state index is 0.212. The SMILES string of the molecule is CCCc1ccc(C(=O)OCC(CN(C)C(=O)OCC)(C(C)C)C(C)C)cc1. The van der Waals surface area contributed by atoms with E-state index >= 15 is 0 Å². The first-order valence-electron chi connectivity index (χ1n) is 10.3. The lowest BCUT2D eigenvalue weighted by molar-refractivity contribution is -0.0206. The van der Waals surface area contributed by atoms with Gasteiger partial charge in [0, 0.05) is 19.0 Å². The van der Waals surface area contributed by atoms with Gasteiger partial charge < -0.3 is 14.4 Å². The van der Waals surface area contributed by atoms with Crippen LogP contribution in [0.4, 0.5) is 4.79 Å². The van der Waals surface area contributed by atoms with Gasteiger partial charge in [0.25, 0.3) is 0 Å². The monoisotopic (exact) mass is 391 g/mol. The summed E-state index contributed by atoms with van der Waals surface area (Å²) in [6, 6.07) is 7.61. The zero-order valence-electron chi connectivity index (χ0n) is 18.6. The van der Waals surface area contributed by atoms with Crippen molar-refractivity contribution in [2.45, 2.75) is 54.4 Å². The summed E-state index contributed by atoms with van der Waals surface area (Å²) in [5.41, 5.74) is 1.41. The predicted molar refractivity (Wildman–Crippen MR) is 112 cm³/mol. The van der Waals surface area contributed by atoms with Gasteiger partial charge in [-0.1, -0.05) is 53.2 Å². The van der Waals surface area contributed by atoms with Gasteiger partial charge in [0.05, 0.1) is 18.8 Å². The van der Waals surface area contributed by atoms with E-state index in [2.05, 4.69) is 34.6 Å². The molecule has 0 heterocycles. The number of amides is 1. The Morgan fingerprint density at radius 1 is 1.00 bits per heavy atom. The lowest BCUT2D eigenvalue weighted by atomic mass is 9.69. The molecule has 5 nitrogen and oxygen atoms in total. The number of rotatable bonds is 10. The standard InChI is InChI=1S/C23H37NO4/c1-8-10-19-11-13-20(14-12-19)21(25)28-16-23(17(3)4,18(5)6)15-24(7)22(26)27-9-2/h11-14,17-18H,8-10,15-16H2,1-7H3. The van der Waals surface area contributed by atoms with Gasteiger partial charge in [-0.15, -0.1) is 0 Å². The number of ether oxygens (including phenoxy) is 2. The number of carbonyl (C=O) groups excluding carboxylic acids is 2. The third-order valence-electron chi connectivity index (χ3n) is 5.61. The highest BCUT2D eigenvalue weighted by Crippen LogP contribution is 2.37. The fourth-order valence-corrected chi connectivity index (χ4v) is 3.53. The van der Waals surface area contributed by atoms with Crippen molar-refractivity contribution in [3.05, 3.63) is 35.4 Å². The quantitative estimate of drug-likeness (QED) is 0.516. The first-order chi connectivity index (χ1) is 13.2. The third kappa shape index (κ3) is 6.25. The van der Waals surface area contributed by atoms with Crippen LogP contribution in [0.3, 0.4) is 0 Å². The molecule has 0 aromatic heterocycles. The van der Waals surface area contributed by atoms with Crippen LogP contribution >= 0.6 is 0 Å². The first-order valence-corrected chi connectivity index (χ1v) is 10.3. The van der Waals surface area contributed by atoms with Gasteiger partial charge >= 0.3 is 12.1 Å². The molecule has 0 fully saturated rings. The normalized spacial score (nSPS) is 11.6. The van der Waals surface area contributed by atoms with E-state index in [-0.39, 0.29) is 35.9 Å². The minimum Gasteiger partial charge on any atom is -0.461 e. The van der Waals surface area contributed by atoms with Crippen molar-refractivity contribution < 1.29 is 19.1 Å². The van der Waals surface area contributed by atoms with Crippen LogP contribution in [0.5, 0.6) is 0 Å². The molecule has 1 aromatic rings. The maximum Gasteiger partial charge on any atom is 0.409 e. The van der Waals surface area contributed by atoms with Crippen molar-refractivity contribution in [2.75, 3.05) is 26.8 Å². The smallest absolute Gasteiger partial charge is 0.409 e. The van der Waals surface area contributed by atoms with E-state index in [1.165, 1.54) is 5.56 Å². The van der Waals surface area contributed by atoms with Crippen LogP contribution in [0.15, 0.2) is 24.3 Å². The number of hydrogen-bond donors (Lipinski definition) is 0. The Labute approximate surface area is 170 Å². The molecule has 5 heteroatoms. The molecule has 0 aliphatic heterocycles. The van der Waals surface area contributed by atoms with Crippen LogP contribution in [0.2, 0.25) is 0 Å². The minimum atomic E-state index is -0.362. The second kappa shape index (κ2) is 11.1. The molecule has 0 N–H and O–H groups in total. The highest BCUT2D eigenvalue weighted by molar-refractivity contribution is 5.89. The van der Waals surface area contributed by atoms with Crippen LogP contribution in [-0.2, 0) is 15.9 Å². The van der Waals surface area contributed by atoms with Crippen molar-refractivity contribution in [1.82, 2.24) is 4.90 Å². The summed E-state index contributed by atoms with van der Waals surface area (Å²) < 4.78 is 10.9.